The van der Waals surface area contributed by atoms with Gasteiger partial charge in [-0.15, -0.1) is 0 Å². The number of nitrogens with two attached hydrogens (primary N) is 1. The molecule has 0 saturated heterocycles. The van der Waals surface area contributed by atoms with Gasteiger partial charge in [-0.25, -0.2) is 0 Å². The largest absolute Gasteiger partial charge is 0.392 e. The van der Waals surface area contributed by atoms with Crippen LogP contribution < -0.4 is 11.1 Å². The maximum atomic E-state index is 11.9. The van der Waals surface area contributed by atoms with Crippen molar-refractivity contribution in [2.24, 2.45) is 11.7 Å². The SMILES string of the molecule is CCCCC(CC)C(=O)NC(CC)C(N)=S. The zero-order valence-electron chi connectivity index (χ0n) is 10.6. The van der Waals surface area contributed by atoms with E-state index in [0.717, 1.165) is 32.1 Å². The number of hydrogen-bond donors (Lipinski definition) is 2. The Kier molecular flexibility index (Phi) is 8.16. The van der Waals surface area contributed by atoms with E-state index in [9.17, 15) is 4.79 Å². The van der Waals surface area contributed by atoms with E-state index >= 15 is 0 Å². The summed E-state index contributed by atoms with van der Waals surface area (Å²) < 4.78 is 0. The lowest BCUT2D eigenvalue weighted by Crippen LogP contribution is -2.45. The predicted octanol–water partition coefficient (Wildman–Crippen LogP) is 2.38. The van der Waals surface area contributed by atoms with Gasteiger partial charge in [-0.05, 0) is 19.3 Å². The summed E-state index contributed by atoms with van der Waals surface area (Å²) in [5.41, 5.74) is 5.55. The van der Waals surface area contributed by atoms with Gasteiger partial charge >= 0.3 is 0 Å². The van der Waals surface area contributed by atoms with Crippen molar-refractivity contribution in [1.29, 1.82) is 0 Å². The first-order chi connectivity index (χ1) is 7.56. The highest BCUT2D eigenvalue weighted by atomic mass is 32.1. The molecule has 0 aromatic heterocycles. The van der Waals surface area contributed by atoms with E-state index < -0.39 is 0 Å². The lowest BCUT2D eigenvalue weighted by Gasteiger charge is -2.20. The molecule has 0 fully saturated rings. The first-order valence-electron chi connectivity index (χ1n) is 6.16. The summed E-state index contributed by atoms with van der Waals surface area (Å²) in [6, 6.07) is -0.154. The summed E-state index contributed by atoms with van der Waals surface area (Å²) in [6.07, 6.45) is 4.80. The summed E-state index contributed by atoms with van der Waals surface area (Å²) in [6.45, 7) is 6.15. The second-order valence-electron chi connectivity index (χ2n) is 4.12. The van der Waals surface area contributed by atoms with Gasteiger partial charge in [-0.2, -0.15) is 0 Å². The van der Waals surface area contributed by atoms with Gasteiger partial charge in [-0.1, -0.05) is 45.8 Å². The lowest BCUT2D eigenvalue weighted by molar-refractivity contribution is -0.125. The summed E-state index contributed by atoms with van der Waals surface area (Å²) in [7, 11) is 0. The van der Waals surface area contributed by atoms with Crippen LogP contribution in [0.15, 0.2) is 0 Å². The van der Waals surface area contributed by atoms with Crippen LogP contribution in [0.25, 0.3) is 0 Å². The van der Waals surface area contributed by atoms with E-state index in [1.807, 2.05) is 13.8 Å². The topological polar surface area (TPSA) is 55.1 Å². The van der Waals surface area contributed by atoms with Crippen LogP contribution in [-0.2, 0) is 4.79 Å². The van der Waals surface area contributed by atoms with Gasteiger partial charge in [0.1, 0.15) is 0 Å². The Labute approximate surface area is 104 Å². The van der Waals surface area contributed by atoms with Crippen LogP contribution in [0.3, 0.4) is 0 Å². The monoisotopic (exact) mass is 244 g/mol. The van der Waals surface area contributed by atoms with Crippen molar-refractivity contribution < 1.29 is 4.79 Å². The Morgan fingerprint density at radius 1 is 1.31 bits per heavy atom. The van der Waals surface area contributed by atoms with Crippen LogP contribution in [0, 0.1) is 5.92 Å². The van der Waals surface area contributed by atoms with Crippen molar-refractivity contribution in [3.8, 4) is 0 Å². The molecule has 3 N–H and O–H groups in total. The fourth-order valence-corrected chi connectivity index (χ4v) is 1.86. The number of carbonyl (C=O) groups is 1. The van der Waals surface area contributed by atoms with Crippen molar-refractivity contribution >= 4 is 23.1 Å². The summed E-state index contributed by atoms with van der Waals surface area (Å²) >= 11 is 4.91. The summed E-state index contributed by atoms with van der Waals surface area (Å²) in [5, 5.41) is 2.92. The zero-order chi connectivity index (χ0) is 12.6. The molecule has 0 aliphatic rings. The van der Waals surface area contributed by atoms with Crippen molar-refractivity contribution in [3.63, 3.8) is 0 Å². The molecule has 16 heavy (non-hydrogen) atoms. The Bertz CT molecular complexity index is 231. The molecule has 0 aromatic rings. The second kappa shape index (κ2) is 8.50. The Morgan fingerprint density at radius 2 is 1.94 bits per heavy atom. The van der Waals surface area contributed by atoms with E-state index in [1.54, 1.807) is 0 Å². The van der Waals surface area contributed by atoms with E-state index in [-0.39, 0.29) is 17.9 Å². The molecule has 0 rings (SSSR count). The number of unbranched alkanes of at least 4 members (excludes halogenated alkanes) is 1. The van der Waals surface area contributed by atoms with Crippen LogP contribution in [-0.4, -0.2) is 16.9 Å². The predicted molar refractivity (Wildman–Crippen MR) is 72.3 cm³/mol. The minimum absolute atomic E-state index is 0.0931. The standard InChI is InChI=1S/C12H24N2OS/c1-4-7-8-9(5-2)12(15)14-10(6-3)11(13)16/h9-10H,4-8H2,1-3H3,(H2,13,16)(H,14,15). The Hall–Kier alpha value is -0.640. The third-order valence-electron chi connectivity index (χ3n) is 2.84. The molecule has 2 unspecified atom stereocenters. The first kappa shape index (κ1) is 15.4. The molecular formula is C12H24N2OS. The smallest absolute Gasteiger partial charge is 0.223 e. The van der Waals surface area contributed by atoms with Crippen LogP contribution in [0.1, 0.15) is 52.9 Å². The second-order valence-corrected chi connectivity index (χ2v) is 4.59. The van der Waals surface area contributed by atoms with Crippen molar-refractivity contribution in [2.75, 3.05) is 0 Å². The number of hydrogen-bond acceptors (Lipinski definition) is 2. The molecule has 0 radical (unpaired) electrons. The van der Waals surface area contributed by atoms with Gasteiger partial charge in [0.25, 0.3) is 0 Å². The van der Waals surface area contributed by atoms with E-state index in [1.165, 1.54) is 0 Å². The summed E-state index contributed by atoms with van der Waals surface area (Å²) in [4.78, 5) is 12.3. The number of thiocarbonyl (C=S) groups is 1. The molecule has 94 valence electrons. The molecule has 3 nitrogen and oxygen atoms in total. The van der Waals surface area contributed by atoms with Crippen LogP contribution in [0.5, 0.6) is 0 Å². The molecule has 2 atom stereocenters. The highest BCUT2D eigenvalue weighted by Gasteiger charge is 2.19. The van der Waals surface area contributed by atoms with Crippen LogP contribution in [0.4, 0.5) is 0 Å². The first-order valence-corrected chi connectivity index (χ1v) is 6.57. The third kappa shape index (κ3) is 5.45. The number of rotatable bonds is 8. The van der Waals surface area contributed by atoms with E-state index in [0.29, 0.717) is 4.99 Å². The average Bonchev–Trinajstić information content (AvgIpc) is 2.26. The van der Waals surface area contributed by atoms with Gasteiger partial charge in [-0.3, -0.25) is 4.79 Å². The zero-order valence-corrected chi connectivity index (χ0v) is 11.4. The molecule has 0 bridgehead atoms. The molecular weight excluding hydrogens is 220 g/mol. The fourth-order valence-electron chi connectivity index (χ4n) is 1.64. The van der Waals surface area contributed by atoms with Gasteiger partial charge in [0.2, 0.25) is 5.91 Å². The van der Waals surface area contributed by atoms with E-state index in [2.05, 4.69) is 12.2 Å². The van der Waals surface area contributed by atoms with Gasteiger partial charge < -0.3 is 11.1 Å². The quantitative estimate of drug-likeness (QED) is 0.645. The molecule has 1 amide bonds. The maximum absolute atomic E-state index is 11.9. The highest BCUT2D eigenvalue weighted by Crippen LogP contribution is 2.13. The minimum Gasteiger partial charge on any atom is -0.392 e. The van der Waals surface area contributed by atoms with Crippen LogP contribution >= 0.6 is 12.2 Å². The van der Waals surface area contributed by atoms with Gasteiger partial charge in [0, 0.05) is 5.92 Å². The average molecular weight is 244 g/mol. The molecule has 0 saturated carbocycles. The maximum Gasteiger partial charge on any atom is 0.223 e. The number of nitrogens with one attached hydrogen (secondary N) is 1. The minimum atomic E-state index is -0.154. The Balaban J connectivity index is 4.23. The molecule has 0 spiro atoms. The van der Waals surface area contributed by atoms with Crippen molar-refractivity contribution in [2.45, 2.75) is 58.9 Å². The third-order valence-corrected chi connectivity index (χ3v) is 3.12. The normalized spacial score (nSPS) is 14.2. The van der Waals surface area contributed by atoms with Crippen LogP contribution in [0.2, 0.25) is 0 Å². The molecule has 0 aliphatic carbocycles. The number of carbonyl (C=O) groups excluding carboxylic acids is 1. The summed E-state index contributed by atoms with van der Waals surface area (Å²) in [5.74, 6) is 0.193. The fraction of sp³-hybridized carbons (Fsp3) is 0.833. The lowest BCUT2D eigenvalue weighted by atomic mass is 9.98. The van der Waals surface area contributed by atoms with E-state index in [4.69, 9.17) is 18.0 Å². The molecule has 4 heteroatoms. The van der Waals surface area contributed by atoms with Gasteiger partial charge in [0.05, 0.1) is 11.0 Å². The van der Waals surface area contributed by atoms with Gasteiger partial charge in [0.15, 0.2) is 0 Å². The molecule has 0 heterocycles. The Morgan fingerprint density at radius 3 is 2.31 bits per heavy atom. The number of amides is 1. The molecule has 0 aromatic carbocycles. The molecule has 0 aliphatic heterocycles. The highest BCUT2D eigenvalue weighted by molar-refractivity contribution is 7.80. The van der Waals surface area contributed by atoms with Crippen molar-refractivity contribution in [3.05, 3.63) is 0 Å². The van der Waals surface area contributed by atoms with Crippen molar-refractivity contribution in [1.82, 2.24) is 5.32 Å².